The van der Waals surface area contributed by atoms with E-state index < -0.39 is 17.4 Å². The molecule has 0 saturated heterocycles. The zero-order valence-corrected chi connectivity index (χ0v) is 20.0. The first-order chi connectivity index (χ1) is 12.8. The molecule has 0 saturated carbocycles. The van der Waals surface area contributed by atoms with Gasteiger partial charge in [-0.3, -0.25) is 9.59 Å². The summed E-state index contributed by atoms with van der Waals surface area (Å²) in [5, 5.41) is 4.51. The van der Waals surface area contributed by atoms with Crippen LogP contribution in [0.3, 0.4) is 0 Å². The largest absolute Gasteiger partial charge is 0.465 e. The normalized spacial score (nSPS) is 10.6. The summed E-state index contributed by atoms with van der Waals surface area (Å²) in [6.07, 6.45) is 3.38. The van der Waals surface area contributed by atoms with Crippen LogP contribution in [0.25, 0.3) is 5.69 Å². The van der Waals surface area contributed by atoms with Gasteiger partial charge in [-0.15, -0.1) is 0 Å². The van der Waals surface area contributed by atoms with E-state index in [0.29, 0.717) is 16.3 Å². The van der Waals surface area contributed by atoms with E-state index in [1.165, 1.54) is 6.92 Å². The van der Waals surface area contributed by atoms with Crippen molar-refractivity contribution in [1.29, 1.82) is 0 Å². The molecule has 0 aliphatic rings. The Balaban J connectivity index is 0.00000176. The lowest BCUT2D eigenvalue weighted by Gasteiger charge is -2.26. The van der Waals surface area contributed by atoms with Crippen LogP contribution in [0.2, 0.25) is 5.02 Å². The van der Waals surface area contributed by atoms with Crippen LogP contribution in [-0.2, 0) is 24.5 Å². The van der Waals surface area contributed by atoms with Crippen molar-refractivity contribution in [3.63, 3.8) is 0 Å². The fourth-order valence-electron chi connectivity index (χ4n) is 2.31. The van der Waals surface area contributed by atoms with Crippen molar-refractivity contribution in [2.24, 2.45) is 0 Å². The predicted octanol–water partition coefficient (Wildman–Crippen LogP) is 4.72. The van der Waals surface area contributed by atoms with Gasteiger partial charge in [0.15, 0.2) is 5.41 Å². The lowest BCUT2D eigenvalue weighted by molar-refractivity contribution is -0.163. The summed E-state index contributed by atoms with van der Waals surface area (Å²) in [7, 11) is 0. The van der Waals surface area contributed by atoms with Crippen LogP contribution in [0.15, 0.2) is 35.1 Å². The summed E-state index contributed by atoms with van der Waals surface area (Å²) in [5.41, 5.74) is -0.589. The second kappa shape index (κ2) is 11.0. The Morgan fingerprint density at radius 1 is 1.22 bits per heavy atom. The third-order valence-corrected chi connectivity index (χ3v) is 4.40. The van der Waals surface area contributed by atoms with E-state index >= 15 is 0 Å². The molecule has 0 N–H and O–H groups in total. The number of alkyl halides is 1. The minimum atomic E-state index is -1.60. The molecule has 0 atom stereocenters. The zero-order valence-electron chi connectivity index (χ0n) is 15.5. The molecule has 0 amide bonds. The number of rotatable bonds is 6. The van der Waals surface area contributed by atoms with Gasteiger partial charge in [-0.25, -0.2) is 4.68 Å². The highest BCUT2D eigenvalue weighted by Crippen LogP contribution is 2.32. The van der Waals surface area contributed by atoms with Gasteiger partial charge in [0.2, 0.25) is 0 Å². The Bertz CT molecular complexity index is 779. The maximum Gasteiger partial charge on any atom is 0.327 e. The van der Waals surface area contributed by atoms with Gasteiger partial charge in [0.1, 0.15) is 0 Å². The molecule has 2 rings (SSSR count). The number of carbonyl (C=O) groups excluding carboxylic acids is 2. The monoisotopic (exact) mass is 570 g/mol. The third kappa shape index (κ3) is 5.45. The molecule has 1 aromatic carbocycles. The third-order valence-electron chi connectivity index (χ3n) is 3.69. The van der Waals surface area contributed by atoms with Crippen LogP contribution in [0, 0.1) is 0 Å². The van der Waals surface area contributed by atoms with Crippen molar-refractivity contribution in [2.75, 3.05) is 18.1 Å². The second-order valence-corrected chi connectivity index (χ2v) is 6.66. The maximum absolute atomic E-state index is 12.5. The molecule has 1 aromatic heterocycles. The van der Waals surface area contributed by atoms with Crippen LogP contribution < -0.4 is 0 Å². The van der Waals surface area contributed by atoms with Gasteiger partial charge in [-0.1, -0.05) is 40.3 Å². The Hall–Kier alpha value is -1.13. The second-order valence-electron chi connectivity index (χ2n) is 5.34. The molecule has 0 spiro atoms. The SMILES string of the molecule is CCOC(=O)C(C)(C(=O)OCC)c1ccc(-n2cc(Br)cn2)c(Cl)c1.CI. The average Bonchev–Trinajstić information content (AvgIpc) is 3.09. The number of benzene rings is 1. The fraction of sp³-hybridized carbons (Fsp3) is 0.389. The van der Waals surface area contributed by atoms with Gasteiger partial charge in [0.05, 0.1) is 34.6 Å². The molecule has 6 nitrogen and oxygen atoms in total. The van der Waals surface area contributed by atoms with Gasteiger partial charge in [0, 0.05) is 6.20 Å². The van der Waals surface area contributed by atoms with E-state index in [4.69, 9.17) is 21.1 Å². The molecule has 0 aliphatic heterocycles. The molecule has 9 heteroatoms. The van der Waals surface area contributed by atoms with Gasteiger partial charge in [-0.05, 0) is 59.3 Å². The summed E-state index contributed by atoms with van der Waals surface area (Å²) in [6.45, 7) is 5.13. The van der Waals surface area contributed by atoms with Crippen LogP contribution in [0.4, 0.5) is 0 Å². The van der Waals surface area contributed by atoms with Crippen molar-refractivity contribution < 1.29 is 19.1 Å². The Morgan fingerprint density at radius 3 is 2.19 bits per heavy atom. The average molecular weight is 572 g/mol. The summed E-state index contributed by atoms with van der Waals surface area (Å²) in [4.78, 5) is 26.9. The van der Waals surface area contributed by atoms with Crippen LogP contribution >= 0.6 is 50.1 Å². The molecule has 0 radical (unpaired) electrons. The summed E-state index contributed by atoms with van der Waals surface area (Å²) in [5.74, 6) is -1.36. The van der Waals surface area contributed by atoms with Crippen LogP contribution in [-0.4, -0.2) is 39.9 Å². The minimum Gasteiger partial charge on any atom is -0.465 e. The lowest BCUT2D eigenvalue weighted by Crippen LogP contribution is -2.43. The van der Waals surface area contributed by atoms with E-state index in [0.717, 1.165) is 4.47 Å². The molecule has 2 aromatic rings. The molecule has 27 heavy (non-hydrogen) atoms. The van der Waals surface area contributed by atoms with Crippen LogP contribution in [0.5, 0.6) is 0 Å². The van der Waals surface area contributed by atoms with E-state index in [-0.39, 0.29) is 13.2 Å². The van der Waals surface area contributed by atoms with Crippen LogP contribution in [0.1, 0.15) is 26.3 Å². The van der Waals surface area contributed by atoms with Crippen molar-refractivity contribution in [2.45, 2.75) is 26.2 Å². The number of hydrogen-bond donors (Lipinski definition) is 0. The van der Waals surface area contributed by atoms with E-state index in [1.54, 1.807) is 49.1 Å². The first-order valence-electron chi connectivity index (χ1n) is 8.07. The zero-order chi connectivity index (χ0) is 20.6. The summed E-state index contributed by atoms with van der Waals surface area (Å²) >= 11 is 11.8. The molecule has 0 fully saturated rings. The summed E-state index contributed by atoms with van der Waals surface area (Å²) in [6, 6.07) is 4.89. The highest BCUT2D eigenvalue weighted by Gasteiger charge is 2.46. The van der Waals surface area contributed by atoms with E-state index in [9.17, 15) is 9.59 Å². The highest BCUT2D eigenvalue weighted by molar-refractivity contribution is 14.1. The van der Waals surface area contributed by atoms with Crippen molar-refractivity contribution >= 4 is 62.1 Å². The number of carbonyl (C=O) groups is 2. The van der Waals surface area contributed by atoms with Gasteiger partial charge in [0.25, 0.3) is 0 Å². The minimum absolute atomic E-state index is 0.154. The Kier molecular flexibility index (Phi) is 9.75. The molecule has 0 aliphatic carbocycles. The summed E-state index contributed by atoms with van der Waals surface area (Å²) < 4.78 is 12.5. The number of halogens is 3. The Morgan fingerprint density at radius 2 is 1.78 bits per heavy atom. The number of ether oxygens (including phenoxy) is 2. The topological polar surface area (TPSA) is 70.4 Å². The van der Waals surface area contributed by atoms with Crippen molar-refractivity contribution in [3.8, 4) is 5.69 Å². The van der Waals surface area contributed by atoms with E-state index in [2.05, 4.69) is 43.6 Å². The highest BCUT2D eigenvalue weighted by atomic mass is 127. The first kappa shape index (κ1) is 23.9. The Labute approximate surface area is 185 Å². The van der Waals surface area contributed by atoms with Crippen molar-refractivity contribution in [3.05, 3.63) is 45.7 Å². The molecule has 148 valence electrons. The standard InChI is InChI=1S/C17H18BrClN2O4.CH3I/c1-4-24-15(22)17(3,16(23)25-5-2)11-6-7-14(13(19)8-11)21-10-12(18)9-20-21;1-2/h6-10H,4-5H2,1-3H3;1H3. The molecular weight excluding hydrogens is 550 g/mol. The molecule has 0 unspecified atom stereocenters. The number of esters is 2. The predicted molar refractivity (Wildman–Crippen MR) is 117 cm³/mol. The number of hydrogen-bond acceptors (Lipinski definition) is 5. The number of aromatic nitrogens is 2. The molecule has 1 heterocycles. The van der Waals surface area contributed by atoms with Crippen molar-refractivity contribution in [1.82, 2.24) is 9.78 Å². The number of nitrogens with zero attached hydrogens (tertiary/aromatic N) is 2. The first-order valence-corrected chi connectivity index (χ1v) is 11.4. The van der Waals surface area contributed by atoms with Gasteiger partial charge in [-0.2, -0.15) is 5.10 Å². The molecular formula is C18H21BrClIN2O4. The van der Waals surface area contributed by atoms with Gasteiger partial charge >= 0.3 is 11.9 Å². The smallest absolute Gasteiger partial charge is 0.327 e. The maximum atomic E-state index is 12.5. The quantitative estimate of drug-likeness (QED) is 0.217. The fourth-order valence-corrected chi connectivity index (χ4v) is 2.86. The molecule has 0 bridgehead atoms. The van der Waals surface area contributed by atoms with E-state index in [1.807, 2.05) is 4.93 Å². The lowest BCUT2D eigenvalue weighted by atomic mass is 9.82. The van der Waals surface area contributed by atoms with Gasteiger partial charge < -0.3 is 9.47 Å².